The quantitative estimate of drug-likeness (QED) is 0.893. The number of nitrogens with one attached hydrogen (secondary N) is 1. The van der Waals surface area contributed by atoms with Crippen molar-refractivity contribution in [3.63, 3.8) is 0 Å². The second-order valence-electron chi connectivity index (χ2n) is 4.40. The van der Waals surface area contributed by atoms with E-state index in [2.05, 4.69) is 14.7 Å². The van der Waals surface area contributed by atoms with Gasteiger partial charge in [-0.05, 0) is 23.8 Å². The van der Waals surface area contributed by atoms with Crippen molar-refractivity contribution in [3.8, 4) is 11.3 Å². The third-order valence-corrected chi connectivity index (χ3v) is 4.19. The molecular formula is C13H16N4O2S. The van der Waals surface area contributed by atoms with E-state index < -0.39 is 10.2 Å². The van der Waals surface area contributed by atoms with E-state index in [0.29, 0.717) is 0 Å². The van der Waals surface area contributed by atoms with Gasteiger partial charge in [0.25, 0.3) is 10.2 Å². The first kappa shape index (κ1) is 14.6. The highest BCUT2D eigenvalue weighted by atomic mass is 32.2. The Kier molecular flexibility index (Phi) is 4.43. The number of hydrogen-bond acceptors (Lipinski definition) is 4. The van der Waals surface area contributed by atoms with E-state index >= 15 is 0 Å². The van der Waals surface area contributed by atoms with Gasteiger partial charge in [0.1, 0.15) is 0 Å². The summed E-state index contributed by atoms with van der Waals surface area (Å²) in [5.74, 6) is 0. The smallest absolute Gasteiger partial charge is 0.264 e. The van der Waals surface area contributed by atoms with Gasteiger partial charge in [0.15, 0.2) is 0 Å². The maximum atomic E-state index is 11.6. The minimum absolute atomic E-state index is 0.209. The molecule has 0 atom stereocenters. The van der Waals surface area contributed by atoms with E-state index in [1.165, 1.54) is 14.1 Å². The van der Waals surface area contributed by atoms with Crippen LogP contribution in [-0.4, -0.2) is 36.8 Å². The predicted molar refractivity (Wildman–Crippen MR) is 76.9 cm³/mol. The first-order valence-electron chi connectivity index (χ1n) is 6.01. The third kappa shape index (κ3) is 3.60. The van der Waals surface area contributed by atoms with Crippen LogP contribution in [0.2, 0.25) is 0 Å². The third-order valence-electron chi connectivity index (χ3n) is 2.72. The van der Waals surface area contributed by atoms with Crippen molar-refractivity contribution in [2.75, 3.05) is 14.1 Å². The maximum Gasteiger partial charge on any atom is 0.279 e. The van der Waals surface area contributed by atoms with E-state index in [-0.39, 0.29) is 6.54 Å². The Labute approximate surface area is 118 Å². The van der Waals surface area contributed by atoms with E-state index in [1.807, 2.05) is 24.3 Å². The first-order chi connectivity index (χ1) is 9.49. The second kappa shape index (κ2) is 6.08. The number of pyridine rings is 2. The van der Waals surface area contributed by atoms with Crippen molar-refractivity contribution in [2.45, 2.75) is 6.54 Å². The molecule has 0 spiro atoms. The van der Waals surface area contributed by atoms with Crippen LogP contribution in [0.15, 0.2) is 42.9 Å². The fraction of sp³-hybridized carbons (Fsp3) is 0.231. The van der Waals surface area contributed by atoms with Crippen molar-refractivity contribution >= 4 is 10.2 Å². The van der Waals surface area contributed by atoms with Crippen LogP contribution in [0.1, 0.15) is 5.56 Å². The summed E-state index contributed by atoms with van der Waals surface area (Å²) in [6.07, 6.45) is 5.09. The molecule has 0 radical (unpaired) electrons. The molecule has 0 saturated carbocycles. The number of hydrogen-bond donors (Lipinski definition) is 1. The molecule has 0 aliphatic rings. The van der Waals surface area contributed by atoms with Gasteiger partial charge in [-0.1, -0.05) is 6.07 Å². The Morgan fingerprint density at radius 2 is 2.00 bits per heavy atom. The minimum atomic E-state index is -3.41. The van der Waals surface area contributed by atoms with E-state index in [0.717, 1.165) is 21.1 Å². The molecule has 2 aromatic heterocycles. The number of rotatable bonds is 5. The molecule has 0 amide bonds. The molecule has 106 valence electrons. The summed E-state index contributed by atoms with van der Waals surface area (Å²) in [5, 5.41) is 0. The van der Waals surface area contributed by atoms with Crippen LogP contribution in [0.25, 0.3) is 11.3 Å². The normalized spacial score (nSPS) is 11.8. The molecular weight excluding hydrogens is 276 g/mol. The Bertz CT molecular complexity index is 655. The van der Waals surface area contributed by atoms with E-state index in [4.69, 9.17) is 0 Å². The summed E-state index contributed by atoms with van der Waals surface area (Å²) >= 11 is 0. The summed E-state index contributed by atoms with van der Waals surface area (Å²) in [6, 6.07) is 7.45. The van der Waals surface area contributed by atoms with Gasteiger partial charge < -0.3 is 0 Å². The highest BCUT2D eigenvalue weighted by Gasteiger charge is 2.12. The van der Waals surface area contributed by atoms with Gasteiger partial charge in [0, 0.05) is 44.8 Å². The van der Waals surface area contributed by atoms with Gasteiger partial charge in [0.2, 0.25) is 0 Å². The lowest BCUT2D eigenvalue weighted by atomic mass is 10.1. The van der Waals surface area contributed by atoms with Crippen LogP contribution in [0, 0.1) is 0 Å². The molecule has 0 bridgehead atoms. The van der Waals surface area contributed by atoms with Crippen molar-refractivity contribution in [3.05, 3.63) is 48.4 Å². The molecule has 0 aliphatic carbocycles. The molecule has 20 heavy (non-hydrogen) atoms. The van der Waals surface area contributed by atoms with Crippen molar-refractivity contribution < 1.29 is 8.42 Å². The zero-order valence-corrected chi connectivity index (χ0v) is 12.1. The predicted octanol–water partition coefficient (Wildman–Crippen LogP) is 1.04. The average molecular weight is 292 g/mol. The molecule has 0 saturated heterocycles. The first-order valence-corrected chi connectivity index (χ1v) is 7.45. The Hall–Kier alpha value is -1.83. The van der Waals surface area contributed by atoms with Crippen LogP contribution >= 0.6 is 0 Å². The molecule has 0 aromatic carbocycles. The SMILES string of the molecule is CN(C)S(=O)(=O)NCc1ccc(-c2cccnc2)nc1. The summed E-state index contributed by atoms with van der Waals surface area (Å²) < 4.78 is 26.8. The molecule has 2 aromatic rings. The molecule has 2 rings (SSSR count). The summed E-state index contributed by atoms with van der Waals surface area (Å²) in [5.41, 5.74) is 2.52. The Balaban J connectivity index is 2.06. The topological polar surface area (TPSA) is 75.2 Å². The lowest BCUT2D eigenvalue weighted by molar-refractivity contribution is 0.505. The fourth-order valence-corrected chi connectivity index (χ4v) is 2.12. The van der Waals surface area contributed by atoms with Crippen LogP contribution in [0.5, 0.6) is 0 Å². The van der Waals surface area contributed by atoms with Crippen molar-refractivity contribution in [1.29, 1.82) is 0 Å². The lowest BCUT2D eigenvalue weighted by Gasteiger charge is -2.12. The number of nitrogens with zero attached hydrogens (tertiary/aromatic N) is 3. The van der Waals surface area contributed by atoms with Crippen LogP contribution < -0.4 is 4.72 Å². The van der Waals surface area contributed by atoms with E-state index in [1.54, 1.807) is 18.6 Å². The summed E-state index contributed by atoms with van der Waals surface area (Å²) in [7, 11) is -0.457. The average Bonchev–Trinajstić information content (AvgIpc) is 2.46. The highest BCUT2D eigenvalue weighted by Crippen LogP contribution is 2.15. The maximum absolute atomic E-state index is 11.6. The second-order valence-corrected chi connectivity index (χ2v) is 6.37. The van der Waals surface area contributed by atoms with Gasteiger partial charge >= 0.3 is 0 Å². The minimum Gasteiger partial charge on any atom is -0.264 e. The monoisotopic (exact) mass is 292 g/mol. The van der Waals surface area contributed by atoms with Gasteiger partial charge in [0.05, 0.1) is 5.69 Å². The summed E-state index contributed by atoms with van der Waals surface area (Å²) in [6.45, 7) is 0.209. The van der Waals surface area contributed by atoms with E-state index in [9.17, 15) is 8.42 Å². The Morgan fingerprint density at radius 3 is 2.55 bits per heavy atom. The van der Waals surface area contributed by atoms with Crippen LogP contribution in [0.4, 0.5) is 0 Å². The molecule has 0 aliphatic heterocycles. The van der Waals surface area contributed by atoms with Gasteiger partial charge in [-0.3, -0.25) is 9.97 Å². The van der Waals surface area contributed by atoms with Crippen LogP contribution in [-0.2, 0) is 16.8 Å². The van der Waals surface area contributed by atoms with Gasteiger partial charge in [-0.2, -0.15) is 17.4 Å². The molecule has 0 unspecified atom stereocenters. The lowest BCUT2D eigenvalue weighted by Crippen LogP contribution is -2.35. The molecule has 2 heterocycles. The molecule has 1 N–H and O–H groups in total. The molecule has 7 heteroatoms. The molecule has 6 nitrogen and oxygen atoms in total. The van der Waals surface area contributed by atoms with Gasteiger partial charge in [-0.15, -0.1) is 0 Å². The number of aromatic nitrogens is 2. The standard InChI is InChI=1S/C13H16N4O2S/c1-17(2)20(18,19)16-9-11-5-6-13(15-8-11)12-4-3-7-14-10-12/h3-8,10,16H,9H2,1-2H3. The van der Waals surface area contributed by atoms with Crippen molar-refractivity contribution in [1.82, 2.24) is 19.0 Å². The zero-order valence-electron chi connectivity index (χ0n) is 11.3. The largest absolute Gasteiger partial charge is 0.279 e. The summed E-state index contributed by atoms with van der Waals surface area (Å²) in [4.78, 5) is 8.34. The fourth-order valence-electron chi connectivity index (χ4n) is 1.52. The highest BCUT2D eigenvalue weighted by molar-refractivity contribution is 7.87. The van der Waals surface area contributed by atoms with Gasteiger partial charge in [-0.25, -0.2) is 0 Å². The zero-order chi connectivity index (χ0) is 14.6. The van der Waals surface area contributed by atoms with Crippen molar-refractivity contribution in [2.24, 2.45) is 0 Å². The van der Waals surface area contributed by atoms with Crippen LogP contribution in [0.3, 0.4) is 0 Å². The Morgan fingerprint density at radius 1 is 1.20 bits per heavy atom. The molecule has 0 fully saturated rings.